The van der Waals surface area contributed by atoms with Crippen LogP contribution >= 0.6 is 35.3 Å². The molecule has 0 aliphatic heterocycles. The van der Waals surface area contributed by atoms with E-state index in [0.717, 1.165) is 0 Å². The number of hydrogen-bond acceptors (Lipinski definition) is 6. The van der Waals surface area contributed by atoms with Gasteiger partial charge < -0.3 is 5.11 Å². The maximum Gasteiger partial charge on any atom is 0.184 e. The van der Waals surface area contributed by atoms with E-state index in [1.165, 1.54) is 47.4 Å². The largest absolute Gasteiger partial charge is 0.508 e. The molecule has 122 valence electrons. The van der Waals surface area contributed by atoms with Crippen LogP contribution in [0, 0.1) is 9.77 Å². The number of aromatic nitrogens is 2. The normalized spacial score (nSPS) is 10.7. The van der Waals surface area contributed by atoms with Gasteiger partial charge in [0, 0.05) is 5.56 Å². The van der Waals surface area contributed by atoms with Crippen molar-refractivity contribution in [2.75, 3.05) is 5.75 Å². The Morgan fingerprint density at radius 2 is 1.88 bits per heavy atom. The Labute approximate surface area is 150 Å². The van der Waals surface area contributed by atoms with Crippen molar-refractivity contribution in [1.29, 1.82) is 0 Å². The second kappa shape index (κ2) is 7.25. The van der Waals surface area contributed by atoms with Crippen LogP contribution in [-0.4, -0.2) is 26.4 Å². The molecule has 0 saturated heterocycles. The molecule has 0 unspecified atom stereocenters. The lowest BCUT2D eigenvalue weighted by atomic mass is 10.1. The van der Waals surface area contributed by atoms with E-state index in [-0.39, 0.29) is 23.1 Å². The standard InChI is InChI=1S/C16H11FN2O2S3/c17-11-3-5-12(6-4-11)19-16(22)24-15(18-19)23-9-14(21)10-1-7-13(20)8-2-10/h1-8,20H,9H2. The third-order valence-electron chi connectivity index (χ3n) is 3.12. The van der Waals surface area contributed by atoms with Gasteiger partial charge in [0.25, 0.3) is 0 Å². The van der Waals surface area contributed by atoms with Crippen LogP contribution in [0.1, 0.15) is 10.4 Å². The maximum absolute atomic E-state index is 13.0. The molecule has 0 bridgehead atoms. The van der Waals surface area contributed by atoms with Crippen LogP contribution < -0.4 is 0 Å². The molecular weight excluding hydrogens is 367 g/mol. The molecule has 0 aliphatic carbocycles. The number of benzene rings is 2. The zero-order chi connectivity index (χ0) is 17.1. The SMILES string of the molecule is O=C(CSc1nn(-c2ccc(F)cc2)c(=S)s1)c1ccc(O)cc1. The van der Waals surface area contributed by atoms with Gasteiger partial charge in [-0.25, -0.2) is 9.07 Å². The minimum atomic E-state index is -0.324. The van der Waals surface area contributed by atoms with Crippen LogP contribution in [0.5, 0.6) is 5.75 Å². The van der Waals surface area contributed by atoms with Crippen LogP contribution in [0.25, 0.3) is 5.69 Å². The van der Waals surface area contributed by atoms with Gasteiger partial charge in [0.2, 0.25) is 0 Å². The Hall–Kier alpha value is -2.03. The molecule has 1 heterocycles. The first-order valence-corrected chi connectivity index (χ1v) is 9.05. The van der Waals surface area contributed by atoms with Gasteiger partial charge in [-0.3, -0.25) is 4.79 Å². The quantitative estimate of drug-likeness (QED) is 0.403. The lowest BCUT2D eigenvalue weighted by Crippen LogP contribution is -2.02. The Bertz CT molecular complexity index is 918. The molecule has 0 radical (unpaired) electrons. The van der Waals surface area contributed by atoms with Crippen molar-refractivity contribution in [2.45, 2.75) is 4.34 Å². The lowest BCUT2D eigenvalue weighted by Gasteiger charge is -2.00. The average molecular weight is 378 g/mol. The minimum absolute atomic E-state index is 0.0607. The minimum Gasteiger partial charge on any atom is -0.508 e. The van der Waals surface area contributed by atoms with Gasteiger partial charge in [-0.1, -0.05) is 23.1 Å². The van der Waals surface area contributed by atoms with Crippen molar-refractivity contribution in [3.63, 3.8) is 0 Å². The van der Waals surface area contributed by atoms with E-state index in [1.54, 1.807) is 28.9 Å². The summed E-state index contributed by atoms with van der Waals surface area (Å²) in [5.74, 6) is -0.0458. The highest BCUT2D eigenvalue weighted by molar-refractivity contribution is 8.01. The first kappa shape index (κ1) is 16.8. The van der Waals surface area contributed by atoms with Crippen molar-refractivity contribution in [3.05, 3.63) is 63.9 Å². The molecule has 1 aromatic heterocycles. The molecule has 0 spiro atoms. The van der Waals surface area contributed by atoms with Gasteiger partial charge in [0.15, 0.2) is 14.1 Å². The highest BCUT2D eigenvalue weighted by atomic mass is 32.2. The summed E-state index contributed by atoms with van der Waals surface area (Å²) >= 11 is 7.87. The molecule has 2 aromatic carbocycles. The van der Waals surface area contributed by atoms with Gasteiger partial charge in [-0.15, -0.1) is 5.10 Å². The number of carbonyl (C=O) groups excluding carboxylic acids is 1. The summed E-state index contributed by atoms with van der Waals surface area (Å²) in [6.45, 7) is 0. The summed E-state index contributed by atoms with van der Waals surface area (Å²) < 4.78 is 15.7. The van der Waals surface area contributed by atoms with E-state index < -0.39 is 0 Å². The number of hydrogen-bond donors (Lipinski definition) is 1. The van der Waals surface area contributed by atoms with E-state index in [4.69, 9.17) is 12.2 Å². The fraction of sp³-hybridized carbons (Fsp3) is 0.0625. The van der Waals surface area contributed by atoms with Crippen molar-refractivity contribution < 1.29 is 14.3 Å². The monoisotopic (exact) mass is 378 g/mol. The lowest BCUT2D eigenvalue weighted by molar-refractivity contribution is 0.102. The third-order valence-corrected chi connectivity index (χ3v) is 5.48. The number of carbonyl (C=O) groups is 1. The maximum atomic E-state index is 13.0. The molecule has 8 heteroatoms. The highest BCUT2D eigenvalue weighted by Crippen LogP contribution is 2.25. The predicted molar refractivity (Wildman–Crippen MR) is 95.4 cm³/mol. The fourth-order valence-corrected chi connectivity index (χ4v) is 4.18. The van der Waals surface area contributed by atoms with Crippen LogP contribution in [0.4, 0.5) is 4.39 Å². The summed E-state index contributed by atoms with van der Waals surface area (Å²) in [5, 5.41) is 13.6. The van der Waals surface area contributed by atoms with Crippen molar-refractivity contribution >= 4 is 41.1 Å². The number of Topliss-reactive ketones (excluding diaryl/α,β-unsaturated/α-hetero) is 1. The summed E-state index contributed by atoms with van der Waals surface area (Å²) in [4.78, 5) is 12.1. The molecule has 3 rings (SSSR count). The van der Waals surface area contributed by atoms with Gasteiger partial charge in [0.05, 0.1) is 11.4 Å². The summed E-state index contributed by atoms with van der Waals surface area (Å²) in [7, 11) is 0. The third kappa shape index (κ3) is 3.89. The number of halogens is 1. The smallest absolute Gasteiger partial charge is 0.184 e. The first-order valence-electron chi connectivity index (χ1n) is 6.84. The molecule has 4 nitrogen and oxygen atoms in total. The summed E-state index contributed by atoms with van der Waals surface area (Å²) in [5.41, 5.74) is 1.20. The molecule has 0 amide bonds. The van der Waals surface area contributed by atoms with Gasteiger partial charge >= 0.3 is 0 Å². The van der Waals surface area contributed by atoms with Crippen LogP contribution in [0.3, 0.4) is 0 Å². The molecule has 0 fully saturated rings. The number of thioether (sulfide) groups is 1. The molecule has 0 saturated carbocycles. The van der Waals surface area contributed by atoms with E-state index in [1.807, 2.05) is 0 Å². The Kier molecular flexibility index (Phi) is 5.08. The fourth-order valence-electron chi connectivity index (χ4n) is 1.92. The zero-order valence-electron chi connectivity index (χ0n) is 12.2. The van der Waals surface area contributed by atoms with Crippen molar-refractivity contribution in [1.82, 2.24) is 9.78 Å². The predicted octanol–water partition coefficient (Wildman–Crippen LogP) is 4.48. The number of rotatable bonds is 5. The summed E-state index contributed by atoms with van der Waals surface area (Å²) in [6.07, 6.45) is 0. The van der Waals surface area contributed by atoms with Crippen molar-refractivity contribution in [3.8, 4) is 11.4 Å². The molecule has 1 N–H and O–H groups in total. The Morgan fingerprint density at radius 1 is 1.21 bits per heavy atom. The topological polar surface area (TPSA) is 55.1 Å². The summed E-state index contributed by atoms with van der Waals surface area (Å²) in [6, 6.07) is 12.0. The van der Waals surface area contributed by atoms with Crippen LogP contribution in [0.2, 0.25) is 0 Å². The van der Waals surface area contributed by atoms with Crippen LogP contribution in [0.15, 0.2) is 52.9 Å². The van der Waals surface area contributed by atoms with Gasteiger partial charge in [-0.2, -0.15) is 0 Å². The van der Waals surface area contributed by atoms with Crippen molar-refractivity contribution in [2.24, 2.45) is 0 Å². The molecule has 3 aromatic rings. The second-order valence-electron chi connectivity index (χ2n) is 4.78. The van der Waals surface area contributed by atoms with Crippen LogP contribution in [-0.2, 0) is 0 Å². The number of aromatic hydroxyl groups is 1. The molecule has 24 heavy (non-hydrogen) atoms. The van der Waals surface area contributed by atoms with Gasteiger partial charge in [0.1, 0.15) is 11.6 Å². The molecular formula is C16H11FN2O2S3. The first-order chi connectivity index (χ1) is 11.5. The second-order valence-corrected chi connectivity index (χ2v) is 7.63. The Morgan fingerprint density at radius 3 is 2.54 bits per heavy atom. The average Bonchev–Trinajstić information content (AvgIpc) is 2.95. The van der Waals surface area contributed by atoms with E-state index in [2.05, 4.69) is 5.10 Å². The van der Waals surface area contributed by atoms with E-state index >= 15 is 0 Å². The Balaban J connectivity index is 1.71. The van der Waals surface area contributed by atoms with E-state index in [9.17, 15) is 14.3 Å². The highest BCUT2D eigenvalue weighted by Gasteiger charge is 2.11. The number of ketones is 1. The zero-order valence-corrected chi connectivity index (χ0v) is 14.6. The van der Waals surface area contributed by atoms with E-state index in [0.29, 0.717) is 19.5 Å². The number of phenols is 1. The molecule has 0 atom stereocenters. The van der Waals surface area contributed by atoms with Gasteiger partial charge in [-0.05, 0) is 60.7 Å². The number of phenolic OH excluding ortho intramolecular Hbond substituents is 1. The number of nitrogens with zero attached hydrogens (tertiary/aromatic N) is 2. The molecule has 0 aliphatic rings.